The highest BCUT2D eigenvalue weighted by molar-refractivity contribution is 7.89. The number of sulfonamides is 1. The number of rotatable bonds is 7. The van der Waals surface area contributed by atoms with Crippen molar-refractivity contribution in [2.45, 2.75) is 31.6 Å². The van der Waals surface area contributed by atoms with Crippen molar-refractivity contribution in [2.24, 2.45) is 0 Å². The van der Waals surface area contributed by atoms with Gasteiger partial charge in [-0.15, -0.1) is 0 Å². The molecular weight excluding hydrogens is 285 g/mol. The number of nitrogens with one attached hydrogen (secondary N) is 1. The van der Waals surface area contributed by atoms with Gasteiger partial charge in [0.15, 0.2) is 0 Å². The van der Waals surface area contributed by atoms with Crippen LogP contribution in [0, 0.1) is 12.7 Å². The molecule has 0 amide bonds. The standard InChI is InChI=1S/C13H18FNO4S/c1-3-19-13(16)5-4-8-15-20(17,18)12-7-6-11(14)9-10(12)2/h6-7,9,15H,3-5,8H2,1-2H3. The van der Waals surface area contributed by atoms with E-state index in [1.54, 1.807) is 6.92 Å². The van der Waals surface area contributed by atoms with Crippen LogP contribution in [0.15, 0.2) is 23.1 Å². The second kappa shape index (κ2) is 7.35. The highest BCUT2D eigenvalue weighted by Crippen LogP contribution is 2.15. The number of hydrogen-bond donors (Lipinski definition) is 1. The summed E-state index contributed by atoms with van der Waals surface area (Å²) < 4.78 is 44.0. The third-order valence-corrected chi connectivity index (χ3v) is 4.20. The van der Waals surface area contributed by atoms with E-state index >= 15 is 0 Å². The van der Waals surface area contributed by atoms with Gasteiger partial charge >= 0.3 is 5.97 Å². The van der Waals surface area contributed by atoms with Crippen LogP contribution < -0.4 is 4.72 Å². The fourth-order valence-electron chi connectivity index (χ4n) is 1.66. The van der Waals surface area contributed by atoms with Crippen LogP contribution in [0.1, 0.15) is 25.3 Å². The number of benzene rings is 1. The summed E-state index contributed by atoms with van der Waals surface area (Å²) in [6, 6.07) is 3.48. The Kier molecular flexibility index (Phi) is 6.09. The largest absolute Gasteiger partial charge is 0.466 e. The van der Waals surface area contributed by atoms with Gasteiger partial charge in [-0.2, -0.15) is 0 Å². The van der Waals surface area contributed by atoms with Gasteiger partial charge in [0.2, 0.25) is 10.0 Å². The first-order valence-corrected chi connectivity index (χ1v) is 7.76. The van der Waals surface area contributed by atoms with E-state index in [0.717, 1.165) is 12.1 Å². The Morgan fingerprint density at radius 2 is 2.10 bits per heavy atom. The molecule has 20 heavy (non-hydrogen) atoms. The fraction of sp³-hybridized carbons (Fsp3) is 0.462. The zero-order chi connectivity index (χ0) is 15.2. The number of carbonyl (C=O) groups excluding carboxylic acids is 1. The maximum Gasteiger partial charge on any atom is 0.305 e. The van der Waals surface area contributed by atoms with Crippen molar-refractivity contribution in [3.63, 3.8) is 0 Å². The van der Waals surface area contributed by atoms with Gasteiger partial charge in [0, 0.05) is 13.0 Å². The van der Waals surface area contributed by atoms with Crippen LogP contribution in [0.2, 0.25) is 0 Å². The molecule has 0 aliphatic heterocycles. The number of ether oxygens (including phenoxy) is 1. The Balaban J connectivity index is 2.56. The van der Waals surface area contributed by atoms with Gasteiger partial charge in [0.1, 0.15) is 5.82 Å². The van der Waals surface area contributed by atoms with Crippen molar-refractivity contribution in [1.82, 2.24) is 4.72 Å². The van der Waals surface area contributed by atoms with Gasteiger partial charge in [0.05, 0.1) is 11.5 Å². The first kappa shape index (κ1) is 16.6. The van der Waals surface area contributed by atoms with Crippen molar-refractivity contribution < 1.29 is 22.3 Å². The van der Waals surface area contributed by atoms with E-state index in [1.807, 2.05) is 0 Å². The lowest BCUT2D eigenvalue weighted by molar-refractivity contribution is -0.143. The molecule has 0 atom stereocenters. The summed E-state index contributed by atoms with van der Waals surface area (Å²) in [5.41, 5.74) is 0.336. The molecule has 0 unspecified atom stereocenters. The van der Waals surface area contributed by atoms with E-state index in [1.165, 1.54) is 13.0 Å². The molecule has 0 heterocycles. The van der Waals surface area contributed by atoms with E-state index in [2.05, 4.69) is 4.72 Å². The monoisotopic (exact) mass is 303 g/mol. The van der Waals surface area contributed by atoms with Crippen LogP contribution in [-0.4, -0.2) is 27.5 Å². The molecule has 0 saturated carbocycles. The predicted molar refractivity (Wildman–Crippen MR) is 72.2 cm³/mol. The quantitative estimate of drug-likeness (QED) is 0.615. The first-order valence-electron chi connectivity index (χ1n) is 6.28. The van der Waals surface area contributed by atoms with Crippen LogP contribution in [0.4, 0.5) is 4.39 Å². The summed E-state index contributed by atoms with van der Waals surface area (Å²) in [7, 11) is -3.69. The third-order valence-electron chi connectivity index (χ3n) is 2.58. The van der Waals surface area contributed by atoms with Crippen LogP contribution in [0.3, 0.4) is 0 Å². The van der Waals surface area contributed by atoms with Gasteiger partial charge < -0.3 is 4.74 Å². The molecule has 0 fully saturated rings. The smallest absolute Gasteiger partial charge is 0.305 e. The lowest BCUT2D eigenvalue weighted by atomic mass is 10.2. The second-order valence-electron chi connectivity index (χ2n) is 4.22. The molecule has 0 aromatic heterocycles. The Morgan fingerprint density at radius 3 is 2.70 bits per heavy atom. The number of halogens is 1. The minimum absolute atomic E-state index is 0.0371. The average molecular weight is 303 g/mol. The molecule has 0 radical (unpaired) electrons. The SMILES string of the molecule is CCOC(=O)CCCNS(=O)(=O)c1ccc(F)cc1C. The lowest BCUT2D eigenvalue weighted by Gasteiger charge is -2.09. The summed E-state index contributed by atoms with van der Waals surface area (Å²) in [6.07, 6.45) is 0.497. The van der Waals surface area contributed by atoms with Crippen LogP contribution in [0.5, 0.6) is 0 Å². The summed E-state index contributed by atoms with van der Waals surface area (Å²) in [5.74, 6) is -0.839. The molecular formula is C13H18FNO4S. The second-order valence-corrected chi connectivity index (χ2v) is 5.95. The Bertz CT molecular complexity index is 572. The van der Waals surface area contributed by atoms with Crippen molar-refractivity contribution in [2.75, 3.05) is 13.2 Å². The summed E-state index contributed by atoms with van der Waals surface area (Å²) in [6.45, 7) is 3.66. The van der Waals surface area contributed by atoms with E-state index in [0.29, 0.717) is 18.6 Å². The van der Waals surface area contributed by atoms with Gasteiger partial charge in [-0.05, 0) is 44.0 Å². The zero-order valence-electron chi connectivity index (χ0n) is 11.5. The van der Waals surface area contributed by atoms with Gasteiger partial charge in [-0.3, -0.25) is 4.79 Å². The molecule has 0 spiro atoms. The molecule has 112 valence electrons. The highest BCUT2D eigenvalue weighted by Gasteiger charge is 2.16. The summed E-state index contributed by atoms with van der Waals surface area (Å²) in [4.78, 5) is 11.1. The van der Waals surface area contributed by atoms with Crippen molar-refractivity contribution in [3.8, 4) is 0 Å². The number of hydrogen-bond acceptors (Lipinski definition) is 4. The molecule has 0 aliphatic rings. The molecule has 1 rings (SSSR count). The Labute approximate surface area is 118 Å². The molecule has 1 N–H and O–H groups in total. The third kappa shape index (κ3) is 4.90. The molecule has 0 bridgehead atoms. The Morgan fingerprint density at radius 1 is 1.40 bits per heavy atom. The topological polar surface area (TPSA) is 72.5 Å². The average Bonchev–Trinajstić information content (AvgIpc) is 2.34. The van der Waals surface area contributed by atoms with Gasteiger partial charge in [-0.25, -0.2) is 17.5 Å². The number of aryl methyl sites for hydroxylation is 1. The molecule has 5 nitrogen and oxygen atoms in total. The van der Waals surface area contributed by atoms with E-state index in [9.17, 15) is 17.6 Å². The van der Waals surface area contributed by atoms with Crippen LogP contribution in [-0.2, 0) is 19.6 Å². The lowest BCUT2D eigenvalue weighted by Crippen LogP contribution is -2.26. The summed E-state index contributed by atoms with van der Waals surface area (Å²) in [5, 5.41) is 0. The van der Waals surface area contributed by atoms with Crippen LogP contribution >= 0.6 is 0 Å². The van der Waals surface area contributed by atoms with E-state index in [4.69, 9.17) is 4.74 Å². The first-order chi connectivity index (χ1) is 9.36. The number of carbonyl (C=O) groups is 1. The minimum atomic E-state index is -3.69. The minimum Gasteiger partial charge on any atom is -0.466 e. The van der Waals surface area contributed by atoms with E-state index in [-0.39, 0.29) is 23.8 Å². The van der Waals surface area contributed by atoms with Crippen molar-refractivity contribution >= 4 is 16.0 Å². The zero-order valence-corrected chi connectivity index (χ0v) is 12.3. The molecule has 1 aromatic carbocycles. The fourth-order valence-corrected chi connectivity index (χ4v) is 2.96. The van der Waals surface area contributed by atoms with Crippen molar-refractivity contribution in [3.05, 3.63) is 29.6 Å². The van der Waals surface area contributed by atoms with Crippen molar-refractivity contribution in [1.29, 1.82) is 0 Å². The molecule has 7 heteroatoms. The normalized spacial score (nSPS) is 11.3. The molecule has 0 saturated heterocycles. The Hall–Kier alpha value is -1.47. The van der Waals surface area contributed by atoms with E-state index < -0.39 is 15.8 Å². The van der Waals surface area contributed by atoms with Crippen LogP contribution in [0.25, 0.3) is 0 Å². The molecule has 1 aromatic rings. The highest BCUT2D eigenvalue weighted by atomic mass is 32.2. The van der Waals surface area contributed by atoms with Gasteiger partial charge in [0.25, 0.3) is 0 Å². The maximum atomic E-state index is 12.9. The molecule has 0 aliphatic carbocycles. The van der Waals surface area contributed by atoms with Gasteiger partial charge in [-0.1, -0.05) is 0 Å². The number of esters is 1. The predicted octanol–water partition coefficient (Wildman–Crippen LogP) is 1.76. The maximum absolute atomic E-state index is 12.9. The summed E-state index contributed by atoms with van der Waals surface area (Å²) >= 11 is 0.